The number of thiophene rings is 1. The predicted octanol–water partition coefficient (Wildman–Crippen LogP) is 4.76. The monoisotopic (exact) mass is 397 g/mol. The molecule has 0 aliphatic heterocycles. The van der Waals surface area contributed by atoms with Crippen molar-refractivity contribution in [1.82, 2.24) is 5.32 Å². The Bertz CT molecular complexity index is 849. The molecule has 0 saturated carbocycles. The summed E-state index contributed by atoms with van der Waals surface area (Å²) in [5.41, 5.74) is 3.76. The van der Waals surface area contributed by atoms with Gasteiger partial charge in [0, 0.05) is 4.88 Å². The zero-order chi connectivity index (χ0) is 19.5. The highest BCUT2D eigenvalue weighted by Crippen LogP contribution is 2.31. The minimum atomic E-state index is -0.802. The number of ether oxygens (including phenoxy) is 1. The molecule has 1 amide bonds. The molecule has 2 aliphatic carbocycles. The van der Waals surface area contributed by atoms with E-state index in [1.807, 2.05) is 18.2 Å². The largest absolute Gasteiger partial charge is 0.448 e. The van der Waals surface area contributed by atoms with E-state index in [2.05, 4.69) is 17.4 Å². The second-order valence-corrected chi connectivity index (χ2v) is 8.96. The Balaban J connectivity index is 1.38. The molecule has 0 spiro atoms. The van der Waals surface area contributed by atoms with Gasteiger partial charge >= 0.3 is 5.97 Å². The van der Waals surface area contributed by atoms with Crippen LogP contribution in [-0.2, 0) is 28.8 Å². The second-order valence-electron chi connectivity index (χ2n) is 7.82. The molecule has 148 valence electrons. The van der Waals surface area contributed by atoms with E-state index in [4.69, 9.17) is 4.74 Å². The molecular formula is C23H27NO3S. The smallest absolute Gasteiger partial charge is 0.349 e. The van der Waals surface area contributed by atoms with Gasteiger partial charge in [-0.25, -0.2) is 4.79 Å². The van der Waals surface area contributed by atoms with Crippen LogP contribution in [0.25, 0.3) is 0 Å². The van der Waals surface area contributed by atoms with Crippen LogP contribution in [0, 0.1) is 0 Å². The van der Waals surface area contributed by atoms with Crippen LogP contribution in [0.2, 0.25) is 0 Å². The molecule has 4 rings (SSSR count). The Hall–Kier alpha value is -2.14. The third-order valence-electron chi connectivity index (χ3n) is 5.79. The van der Waals surface area contributed by atoms with Crippen molar-refractivity contribution in [2.24, 2.45) is 0 Å². The second kappa shape index (κ2) is 8.48. The minimum Gasteiger partial charge on any atom is -0.448 e. The first-order chi connectivity index (χ1) is 13.6. The van der Waals surface area contributed by atoms with Crippen LogP contribution >= 0.6 is 11.3 Å². The first-order valence-corrected chi connectivity index (χ1v) is 11.1. The maximum Gasteiger partial charge on any atom is 0.349 e. The van der Waals surface area contributed by atoms with E-state index in [9.17, 15) is 9.59 Å². The molecule has 2 aliphatic rings. The molecular weight excluding hydrogens is 370 g/mol. The standard InChI is InChI=1S/C23H27NO3S/c1-15(22(25)24-19-12-7-10-16-8-5-6-11-18(16)19)27-23(26)21-14-17-9-3-2-4-13-20(17)28-21/h5-6,8,11,14-15,19H,2-4,7,9-10,12-13H2,1H3,(H,24,25)/t15-,19-/m1/s1. The average molecular weight is 398 g/mol. The molecule has 2 aromatic rings. The van der Waals surface area contributed by atoms with Crippen molar-refractivity contribution in [2.45, 2.75) is 70.4 Å². The highest BCUT2D eigenvalue weighted by Gasteiger charge is 2.26. The highest BCUT2D eigenvalue weighted by atomic mass is 32.1. The lowest BCUT2D eigenvalue weighted by atomic mass is 9.87. The summed E-state index contributed by atoms with van der Waals surface area (Å²) in [7, 11) is 0. The molecule has 0 bridgehead atoms. The molecule has 4 nitrogen and oxygen atoms in total. The van der Waals surface area contributed by atoms with Crippen LogP contribution in [0.15, 0.2) is 30.3 Å². The SMILES string of the molecule is C[C@@H](OC(=O)c1cc2c(s1)CCCCC2)C(=O)N[C@@H]1CCCc2ccccc21. The Morgan fingerprint density at radius 2 is 1.86 bits per heavy atom. The summed E-state index contributed by atoms with van der Waals surface area (Å²) in [4.78, 5) is 27.1. The third kappa shape index (κ3) is 4.14. The van der Waals surface area contributed by atoms with Gasteiger partial charge in [-0.15, -0.1) is 11.3 Å². The molecule has 1 N–H and O–H groups in total. The van der Waals surface area contributed by atoms with E-state index >= 15 is 0 Å². The number of aryl methyl sites for hydroxylation is 3. The Morgan fingerprint density at radius 3 is 2.75 bits per heavy atom. The highest BCUT2D eigenvalue weighted by molar-refractivity contribution is 7.14. The van der Waals surface area contributed by atoms with Crippen molar-refractivity contribution in [3.63, 3.8) is 0 Å². The zero-order valence-electron chi connectivity index (χ0n) is 16.3. The van der Waals surface area contributed by atoms with E-state index in [0.29, 0.717) is 4.88 Å². The topological polar surface area (TPSA) is 55.4 Å². The van der Waals surface area contributed by atoms with Crippen LogP contribution in [-0.4, -0.2) is 18.0 Å². The molecule has 2 atom stereocenters. The zero-order valence-corrected chi connectivity index (χ0v) is 17.1. The molecule has 28 heavy (non-hydrogen) atoms. The summed E-state index contributed by atoms with van der Waals surface area (Å²) in [6.07, 6.45) is 7.92. The molecule has 0 radical (unpaired) electrons. The molecule has 1 heterocycles. The normalized spacial score (nSPS) is 19.7. The van der Waals surface area contributed by atoms with Crippen LogP contribution in [0.5, 0.6) is 0 Å². The van der Waals surface area contributed by atoms with Gasteiger partial charge in [0.15, 0.2) is 6.10 Å². The van der Waals surface area contributed by atoms with E-state index < -0.39 is 6.10 Å². The van der Waals surface area contributed by atoms with Crippen LogP contribution in [0.1, 0.15) is 76.3 Å². The van der Waals surface area contributed by atoms with E-state index in [1.165, 1.54) is 52.2 Å². The number of carbonyl (C=O) groups is 2. The summed E-state index contributed by atoms with van der Waals surface area (Å²) < 4.78 is 5.50. The Morgan fingerprint density at radius 1 is 1.07 bits per heavy atom. The number of amides is 1. The quantitative estimate of drug-likeness (QED) is 0.598. The fourth-order valence-corrected chi connectivity index (χ4v) is 5.37. The van der Waals surface area contributed by atoms with Crippen molar-refractivity contribution >= 4 is 23.2 Å². The number of fused-ring (bicyclic) bond motifs is 2. The fraction of sp³-hybridized carbons (Fsp3) is 0.478. The van der Waals surface area contributed by atoms with Crippen LogP contribution in [0.3, 0.4) is 0 Å². The lowest BCUT2D eigenvalue weighted by Crippen LogP contribution is -2.39. The van der Waals surface area contributed by atoms with Crippen molar-refractivity contribution in [1.29, 1.82) is 0 Å². The maximum absolute atomic E-state index is 12.6. The van der Waals surface area contributed by atoms with Gasteiger partial charge in [0.05, 0.1) is 6.04 Å². The molecule has 1 aromatic carbocycles. The fourth-order valence-electron chi connectivity index (χ4n) is 4.23. The number of esters is 1. The lowest BCUT2D eigenvalue weighted by Gasteiger charge is -2.27. The number of rotatable bonds is 4. The van der Waals surface area contributed by atoms with Crippen molar-refractivity contribution in [2.75, 3.05) is 0 Å². The summed E-state index contributed by atoms with van der Waals surface area (Å²) in [6.45, 7) is 1.65. The van der Waals surface area contributed by atoms with E-state index in [1.54, 1.807) is 6.92 Å². The maximum atomic E-state index is 12.6. The molecule has 0 unspecified atom stereocenters. The minimum absolute atomic E-state index is 0.00333. The molecule has 0 saturated heterocycles. The summed E-state index contributed by atoms with van der Waals surface area (Å²) in [6, 6.07) is 10.2. The van der Waals surface area contributed by atoms with Gasteiger partial charge in [0.1, 0.15) is 4.88 Å². The van der Waals surface area contributed by atoms with Gasteiger partial charge in [-0.05, 0) is 74.6 Å². The summed E-state index contributed by atoms with van der Waals surface area (Å²) in [5.74, 6) is -0.613. The van der Waals surface area contributed by atoms with Gasteiger partial charge in [0.2, 0.25) is 0 Å². The summed E-state index contributed by atoms with van der Waals surface area (Å²) in [5, 5.41) is 3.08. The van der Waals surface area contributed by atoms with Crippen molar-refractivity contribution < 1.29 is 14.3 Å². The summed E-state index contributed by atoms with van der Waals surface area (Å²) >= 11 is 1.53. The van der Waals surface area contributed by atoms with Gasteiger partial charge in [0.25, 0.3) is 5.91 Å². The number of carbonyl (C=O) groups excluding carboxylic acids is 2. The van der Waals surface area contributed by atoms with Crippen molar-refractivity contribution in [3.8, 4) is 0 Å². The average Bonchev–Trinajstić information content (AvgIpc) is 2.99. The van der Waals surface area contributed by atoms with Gasteiger partial charge in [-0.3, -0.25) is 4.79 Å². The van der Waals surface area contributed by atoms with E-state index in [0.717, 1.165) is 32.1 Å². The molecule has 5 heteroatoms. The third-order valence-corrected chi connectivity index (χ3v) is 7.00. The number of hydrogen-bond donors (Lipinski definition) is 1. The number of benzene rings is 1. The Kier molecular flexibility index (Phi) is 5.81. The lowest BCUT2D eigenvalue weighted by molar-refractivity contribution is -0.130. The number of nitrogens with one attached hydrogen (secondary N) is 1. The van der Waals surface area contributed by atoms with Crippen LogP contribution < -0.4 is 5.32 Å². The number of hydrogen-bond acceptors (Lipinski definition) is 4. The van der Waals surface area contributed by atoms with E-state index in [-0.39, 0.29) is 17.9 Å². The first-order valence-electron chi connectivity index (χ1n) is 10.3. The predicted molar refractivity (Wildman–Crippen MR) is 111 cm³/mol. The molecule has 1 aromatic heterocycles. The van der Waals surface area contributed by atoms with Crippen molar-refractivity contribution in [3.05, 3.63) is 56.8 Å². The van der Waals surface area contributed by atoms with Gasteiger partial charge < -0.3 is 10.1 Å². The first kappa shape index (κ1) is 19.2. The molecule has 0 fully saturated rings. The van der Waals surface area contributed by atoms with Crippen LogP contribution in [0.4, 0.5) is 0 Å². The van der Waals surface area contributed by atoms with Gasteiger partial charge in [-0.1, -0.05) is 30.7 Å². The Labute approximate surface area is 170 Å². The van der Waals surface area contributed by atoms with Gasteiger partial charge in [-0.2, -0.15) is 0 Å².